The first-order valence-electron chi connectivity index (χ1n) is 9.31. The van der Waals surface area contributed by atoms with E-state index in [1.54, 1.807) is 7.11 Å². The Labute approximate surface area is 159 Å². The van der Waals surface area contributed by atoms with Crippen LogP contribution in [0.1, 0.15) is 5.89 Å². The van der Waals surface area contributed by atoms with Crippen LogP contribution in [-0.2, 0) is 6.42 Å². The quantitative estimate of drug-likeness (QED) is 0.670. The lowest BCUT2D eigenvalue weighted by Crippen LogP contribution is -2.47. The van der Waals surface area contributed by atoms with E-state index < -0.39 is 0 Å². The van der Waals surface area contributed by atoms with Gasteiger partial charge in [-0.25, -0.2) is 0 Å². The number of ether oxygens (including phenoxy) is 1. The number of anilines is 1. The lowest BCUT2D eigenvalue weighted by atomic mass is 10.2. The molecule has 4 rings (SSSR count). The normalized spacial score (nSPS) is 15.1. The Morgan fingerprint density at radius 2 is 1.67 bits per heavy atom. The molecular formula is C21H24N4O2. The summed E-state index contributed by atoms with van der Waals surface area (Å²) in [4.78, 5) is 4.83. The lowest BCUT2D eigenvalue weighted by molar-refractivity contribution is 0.253. The summed E-state index contributed by atoms with van der Waals surface area (Å²) in [6, 6.07) is 18.1. The second-order valence-electron chi connectivity index (χ2n) is 6.62. The Balaban J connectivity index is 1.29. The minimum atomic E-state index is 0.589. The van der Waals surface area contributed by atoms with Crippen LogP contribution in [-0.4, -0.2) is 54.9 Å². The van der Waals surface area contributed by atoms with Gasteiger partial charge in [-0.3, -0.25) is 4.90 Å². The zero-order valence-electron chi connectivity index (χ0n) is 15.5. The van der Waals surface area contributed by atoms with Crippen molar-refractivity contribution in [1.82, 2.24) is 15.1 Å². The summed E-state index contributed by atoms with van der Waals surface area (Å²) in [5.41, 5.74) is 2.13. The van der Waals surface area contributed by atoms with Gasteiger partial charge in [0.25, 0.3) is 0 Å². The van der Waals surface area contributed by atoms with Crippen molar-refractivity contribution in [2.24, 2.45) is 0 Å². The van der Waals surface area contributed by atoms with Gasteiger partial charge in [-0.1, -0.05) is 30.3 Å². The predicted molar refractivity (Wildman–Crippen MR) is 105 cm³/mol. The van der Waals surface area contributed by atoms with Gasteiger partial charge in [0.05, 0.1) is 12.8 Å². The summed E-state index contributed by atoms with van der Waals surface area (Å²) >= 11 is 0. The molecule has 6 heteroatoms. The van der Waals surface area contributed by atoms with Gasteiger partial charge >= 0.3 is 0 Å². The summed E-state index contributed by atoms with van der Waals surface area (Å²) in [6.07, 6.45) is 0.772. The Kier molecular flexibility index (Phi) is 5.34. The van der Waals surface area contributed by atoms with Gasteiger partial charge in [-0.2, -0.15) is 0 Å². The van der Waals surface area contributed by atoms with E-state index in [2.05, 4.69) is 32.1 Å². The first-order chi connectivity index (χ1) is 13.3. The topological polar surface area (TPSA) is 54.6 Å². The molecule has 27 heavy (non-hydrogen) atoms. The van der Waals surface area contributed by atoms with E-state index in [1.807, 2.05) is 42.5 Å². The van der Waals surface area contributed by atoms with Crippen LogP contribution in [0.3, 0.4) is 0 Å². The minimum Gasteiger partial charge on any atom is -0.495 e. The molecule has 1 aliphatic rings. The number of rotatable bonds is 6. The first-order valence-corrected chi connectivity index (χ1v) is 9.31. The van der Waals surface area contributed by atoms with Gasteiger partial charge in [0.15, 0.2) is 0 Å². The van der Waals surface area contributed by atoms with Gasteiger partial charge in [-0.15, -0.1) is 10.2 Å². The summed E-state index contributed by atoms with van der Waals surface area (Å²) < 4.78 is 11.3. The molecule has 0 bridgehead atoms. The molecule has 1 fully saturated rings. The van der Waals surface area contributed by atoms with Crippen LogP contribution in [0.4, 0.5) is 5.69 Å². The number of aromatic nitrogens is 2. The highest BCUT2D eigenvalue weighted by Crippen LogP contribution is 2.28. The van der Waals surface area contributed by atoms with E-state index >= 15 is 0 Å². The van der Waals surface area contributed by atoms with Crippen molar-refractivity contribution in [1.29, 1.82) is 0 Å². The number of methoxy groups -OCH3 is 1. The Morgan fingerprint density at radius 1 is 0.926 bits per heavy atom. The van der Waals surface area contributed by atoms with E-state index in [0.717, 1.165) is 50.5 Å². The lowest BCUT2D eigenvalue weighted by Gasteiger charge is -2.36. The highest BCUT2D eigenvalue weighted by Gasteiger charge is 2.20. The Hall–Kier alpha value is -2.86. The molecule has 1 aromatic heterocycles. The third-order valence-electron chi connectivity index (χ3n) is 4.93. The summed E-state index contributed by atoms with van der Waals surface area (Å²) in [5.74, 6) is 2.22. The fourth-order valence-electron chi connectivity index (χ4n) is 3.41. The van der Waals surface area contributed by atoms with Crippen molar-refractivity contribution in [3.63, 3.8) is 0 Å². The molecule has 6 nitrogen and oxygen atoms in total. The number of para-hydroxylation sites is 2. The molecule has 0 radical (unpaired) electrons. The zero-order valence-corrected chi connectivity index (χ0v) is 15.5. The smallest absolute Gasteiger partial charge is 0.247 e. The maximum absolute atomic E-state index is 5.81. The average Bonchev–Trinajstić information content (AvgIpc) is 3.22. The molecule has 1 saturated heterocycles. The predicted octanol–water partition coefficient (Wildman–Crippen LogP) is 3.11. The molecule has 140 valence electrons. The Bertz CT molecular complexity index is 857. The summed E-state index contributed by atoms with van der Waals surface area (Å²) in [5, 5.41) is 8.36. The molecule has 0 N–H and O–H groups in total. The second kappa shape index (κ2) is 8.22. The molecule has 0 spiro atoms. The van der Waals surface area contributed by atoms with Crippen molar-refractivity contribution in [3.05, 3.63) is 60.5 Å². The molecule has 0 atom stereocenters. The average molecular weight is 364 g/mol. The monoisotopic (exact) mass is 364 g/mol. The number of piperazine rings is 1. The highest BCUT2D eigenvalue weighted by atomic mass is 16.5. The maximum atomic E-state index is 5.81. The van der Waals surface area contributed by atoms with Crippen LogP contribution in [0.2, 0.25) is 0 Å². The highest BCUT2D eigenvalue weighted by molar-refractivity contribution is 5.58. The van der Waals surface area contributed by atoms with Gasteiger partial charge < -0.3 is 14.1 Å². The fraction of sp³-hybridized carbons (Fsp3) is 0.333. The SMILES string of the molecule is COc1ccccc1N1CCN(CCc2nnc(-c3ccccc3)o2)CC1. The van der Waals surface area contributed by atoms with E-state index in [-0.39, 0.29) is 0 Å². The van der Waals surface area contributed by atoms with Crippen molar-refractivity contribution in [2.75, 3.05) is 44.7 Å². The van der Waals surface area contributed by atoms with Crippen LogP contribution in [0, 0.1) is 0 Å². The number of hydrogen-bond acceptors (Lipinski definition) is 6. The molecule has 2 heterocycles. The van der Waals surface area contributed by atoms with Crippen LogP contribution in [0.15, 0.2) is 59.0 Å². The minimum absolute atomic E-state index is 0.589. The number of nitrogens with zero attached hydrogens (tertiary/aromatic N) is 4. The van der Waals surface area contributed by atoms with E-state index in [1.165, 1.54) is 5.69 Å². The van der Waals surface area contributed by atoms with E-state index in [4.69, 9.17) is 9.15 Å². The molecule has 1 aliphatic heterocycles. The molecule has 0 amide bonds. The molecule has 2 aromatic carbocycles. The van der Waals surface area contributed by atoms with Crippen LogP contribution in [0.5, 0.6) is 5.75 Å². The molecule has 3 aromatic rings. The van der Waals surface area contributed by atoms with E-state index in [0.29, 0.717) is 11.8 Å². The van der Waals surface area contributed by atoms with Crippen molar-refractivity contribution in [2.45, 2.75) is 6.42 Å². The van der Waals surface area contributed by atoms with Gasteiger partial charge in [0, 0.05) is 44.7 Å². The standard InChI is InChI=1S/C21H24N4O2/c1-26-19-10-6-5-9-18(19)25-15-13-24(14-16-25)12-11-20-22-23-21(27-20)17-7-3-2-4-8-17/h2-10H,11-16H2,1H3. The maximum Gasteiger partial charge on any atom is 0.247 e. The molecule has 0 unspecified atom stereocenters. The number of hydrogen-bond donors (Lipinski definition) is 0. The van der Waals surface area contributed by atoms with Crippen LogP contribution >= 0.6 is 0 Å². The summed E-state index contributed by atoms with van der Waals surface area (Å²) in [7, 11) is 1.73. The van der Waals surface area contributed by atoms with Crippen LogP contribution < -0.4 is 9.64 Å². The summed E-state index contributed by atoms with van der Waals surface area (Å²) in [6.45, 7) is 4.92. The van der Waals surface area contributed by atoms with Crippen molar-refractivity contribution < 1.29 is 9.15 Å². The molecule has 0 aliphatic carbocycles. The van der Waals surface area contributed by atoms with Gasteiger partial charge in [0.1, 0.15) is 5.75 Å². The van der Waals surface area contributed by atoms with Crippen molar-refractivity contribution in [3.8, 4) is 17.2 Å². The largest absolute Gasteiger partial charge is 0.495 e. The molecular weight excluding hydrogens is 340 g/mol. The van der Waals surface area contributed by atoms with Crippen LogP contribution in [0.25, 0.3) is 11.5 Å². The zero-order chi connectivity index (χ0) is 18.5. The first kappa shape index (κ1) is 17.5. The van der Waals surface area contributed by atoms with Crippen molar-refractivity contribution >= 4 is 5.69 Å². The van der Waals surface area contributed by atoms with Gasteiger partial charge in [0.2, 0.25) is 11.8 Å². The van der Waals surface area contributed by atoms with E-state index in [9.17, 15) is 0 Å². The third-order valence-corrected chi connectivity index (χ3v) is 4.93. The van der Waals surface area contributed by atoms with Gasteiger partial charge in [-0.05, 0) is 24.3 Å². The third kappa shape index (κ3) is 4.11. The Morgan fingerprint density at radius 3 is 2.44 bits per heavy atom. The number of benzene rings is 2. The second-order valence-corrected chi connectivity index (χ2v) is 6.62. The molecule has 0 saturated carbocycles. The fourth-order valence-corrected chi connectivity index (χ4v) is 3.41.